The summed E-state index contributed by atoms with van der Waals surface area (Å²) < 4.78 is 38.1. The molecule has 2 aliphatic heterocycles. The first-order valence-electron chi connectivity index (χ1n) is 16.4. The molecule has 0 unspecified atom stereocenters. The largest absolute Gasteiger partial charge is 0.462 e. The third-order valence-electron chi connectivity index (χ3n) is 9.40. The Morgan fingerprint density at radius 2 is 1.84 bits per heavy atom. The molecule has 0 radical (unpaired) electrons. The molecule has 5 aromatic rings. The number of amides is 1. The second-order valence-electron chi connectivity index (χ2n) is 12.4. The van der Waals surface area contributed by atoms with Gasteiger partial charge in [0, 0.05) is 65.5 Å². The summed E-state index contributed by atoms with van der Waals surface area (Å²) in [7, 11) is 2.04. The van der Waals surface area contributed by atoms with Gasteiger partial charge in [-0.25, -0.2) is 18.7 Å². The molecule has 7 rings (SSSR count). The van der Waals surface area contributed by atoms with Crippen LogP contribution < -0.4 is 9.64 Å². The lowest BCUT2D eigenvalue weighted by Crippen LogP contribution is -2.55. The van der Waals surface area contributed by atoms with Crippen molar-refractivity contribution in [1.29, 1.82) is 5.26 Å². The number of rotatable bonds is 8. The Hall–Kier alpha value is -5.25. The molecule has 50 heavy (non-hydrogen) atoms. The molecule has 3 aromatic carbocycles. The third-order valence-corrected chi connectivity index (χ3v) is 9.72. The fraction of sp³-hybridized carbons (Fsp3) is 0.297. The van der Waals surface area contributed by atoms with E-state index in [1.54, 1.807) is 24.3 Å². The summed E-state index contributed by atoms with van der Waals surface area (Å²) in [5.41, 5.74) is 1.02. The number of likely N-dealkylation sites (tertiary alicyclic amines) is 1. The van der Waals surface area contributed by atoms with Crippen LogP contribution in [0.1, 0.15) is 25.1 Å². The van der Waals surface area contributed by atoms with Gasteiger partial charge in [0.1, 0.15) is 17.9 Å². The molecule has 2 saturated heterocycles. The number of nitriles is 1. The van der Waals surface area contributed by atoms with Crippen LogP contribution in [0.25, 0.3) is 38.9 Å². The number of likely N-dealkylation sites (N-methyl/N-ethyl adjacent to an activating group) is 1. The van der Waals surface area contributed by atoms with Gasteiger partial charge in [-0.2, -0.15) is 15.2 Å². The summed E-state index contributed by atoms with van der Waals surface area (Å²) in [6.07, 6.45) is 5.84. The number of ether oxygens (including phenoxy) is 1. The molecule has 2 fully saturated rings. The molecule has 13 heteroatoms. The van der Waals surface area contributed by atoms with Gasteiger partial charge in [0.15, 0.2) is 17.5 Å². The fourth-order valence-electron chi connectivity index (χ4n) is 6.81. The first kappa shape index (κ1) is 33.3. The maximum absolute atomic E-state index is 16.8. The van der Waals surface area contributed by atoms with E-state index in [4.69, 9.17) is 21.3 Å². The van der Waals surface area contributed by atoms with Gasteiger partial charge >= 0.3 is 6.01 Å². The average Bonchev–Trinajstić information content (AvgIpc) is 3.55. The van der Waals surface area contributed by atoms with Gasteiger partial charge in [0.25, 0.3) is 5.91 Å². The quantitative estimate of drug-likeness (QED) is 0.169. The number of hydrogen-bond acceptors (Lipinski definition) is 9. The lowest BCUT2D eigenvalue weighted by molar-refractivity contribution is -0.131. The number of piperazine rings is 1. The van der Waals surface area contributed by atoms with E-state index in [-0.39, 0.29) is 49.4 Å². The minimum atomic E-state index is -1.03. The van der Waals surface area contributed by atoms with Crippen LogP contribution in [0.3, 0.4) is 0 Å². The topological polar surface area (TPSA) is 111 Å². The summed E-state index contributed by atoms with van der Waals surface area (Å²) in [5, 5.41) is 12.2. The zero-order valence-electron chi connectivity index (χ0n) is 27.3. The van der Waals surface area contributed by atoms with Crippen LogP contribution in [-0.2, 0) is 4.79 Å². The Bertz CT molecular complexity index is 2140. The normalized spacial score (nSPS) is 18.5. The predicted molar refractivity (Wildman–Crippen MR) is 188 cm³/mol. The number of aromatic nitrogens is 4. The SMILES string of the molecule is CN1CCC[C@H]1COc1nc(N2CCN(C(=O)/C(F)=C/c3ncccn3)[C@@H](CC#N)C2)c2ccc(-c3cccc4cccc(Cl)c34)c(F)c2n1. The van der Waals surface area contributed by atoms with E-state index < -0.39 is 23.6 Å². The van der Waals surface area contributed by atoms with Gasteiger partial charge < -0.3 is 19.4 Å². The number of carbonyl (C=O) groups excluding carboxylic acids is 1. The van der Waals surface area contributed by atoms with E-state index in [1.165, 1.54) is 17.3 Å². The van der Waals surface area contributed by atoms with Crippen LogP contribution in [-0.4, -0.2) is 87.6 Å². The highest BCUT2D eigenvalue weighted by Crippen LogP contribution is 2.39. The summed E-state index contributed by atoms with van der Waals surface area (Å²) in [6, 6.07) is 17.8. The monoisotopic (exact) mass is 694 g/mol. The molecule has 0 spiro atoms. The smallest absolute Gasteiger partial charge is 0.319 e. The molecular weight excluding hydrogens is 662 g/mol. The highest BCUT2D eigenvalue weighted by Gasteiger charge is 2.34. The van der Waals surface area contributed by atoms with E-state index in [0.717, 1.165) is 36.2 Å². The first-order chi connectivity index (χ1) is 24.3. The van der Waals surface area contributed by atoms with Crippen LogP contribution in [0.5, 0.6) is 6.01 Å². The molecule has 254 valence electrons. The number of halogens is 3. The summed E-state index contributed by atoms with van der Waals surface area (Å²) in [5.74, 6) is -1.99. The molecule has 2 aromatic heterocycles. The number of anilines is 1. The Morgan fingerprint density at radius 1 is 1.04 bits per heavy atom. The van der Waals surface area contributed by atoms with E-state index in [2.05, 4.69) is 25.9 Å². The van der Waals surface area contributed by atoms with Gasteiger partial charge in [-0.05, 0) is 55.6 Å². The Labute approximate surface area is 292 Å². The van der Waals surface area contributed by atoms with Crippen molar-refractivity contribution in [1.82, 2.24) is 29.7 Å². The summed E-state index contributed by atoms with van der Waals surface area (Å²) in [6.45, 7) is 1.76. The molecule has 1 amide bonds. The predicted octanol–water partition coefficient (Wildman–Crippen LogP) is 6.45. The van der Waals surface area contributed by atoms with E-state index in [0.29, 0.717) is 34.0 Å². The van der Waals surface area contributed by atoms with Crippen molar-refractivity contribution in [3.63, 3.8) is 0 Å². The van der Waals surface area contributed by atoms with Crippen LogP contribution in [0.15, 0.2) is 72.8 Å². The number of carbonyl (C=O) groups is 1. The Morgan fingerprint density at radius 3 is 2.60 bits per heavy atom. The molecule has 10 nitrogen and oxygen atoms in total. The van der Waals surface area contributed by atoms with Gasteiger partial charge in [0.2, 0.25) is 0 Å². The Balaban J connectivity index is 1.27. The van der Waals surface area contributed by atoms with Gasteiger partial charge in [0.05, 0.1) is 18.5 Å². The van der Waals surface area contributed by atoms with Gasteiger partial charge in [-0.15, -0.1) is 0 Å². The number of hydrogen-bond donors (Lipinski definition) is 0. The van der Waals surface area contributed by atoms with Gasteiger partial charge in [-0.3, -0.25) is 4.79 Å². The minimum absolute atomic E-state index is 0.0204. The maximum Gasteiger partial charge on any atom is 0.319 e. The maximum atomic E-state index is 16.8. The standard InChI is InChI=1S/C37H33ClF2N8O2/c1-46-17-4-8-25(46)22-50-37-44-34-28(12-11-27(33(34)40)26-9-2-6-23-7-3-10-29(38)32(23)26)35(45-37)47-18-19-48(24(21-47)13-14-41)36(49)30(39)20-31-42-15-5-16-43-31/h2-3,5-7,9-12,15-16,20,24-25H,4,8,13,17-19,21-22H2,1H3/b30-20-/t24-,25-/m0/s1. The number of fused-ring (bicyclic) bond motifs is 2. The minimum Gasteiger partial charge on any atom is -0.462 e. The highest BCUT2D eigenvalue weighted by atomic mass is 35.5. The van der Waals surface area contributed by atoms with E-state index >= 15 is 8.78 Å². The lowest BCUT2D eigenvalue weighted by atomic mass is 9.96. The van der Waals surface area contributed by atoms with Crippen molar-refractivity contribution >= 4 is 51.1 Å². The zero-order valence-corrected chi connectivity index (χ0v) is 28.0. The van der Waals surface area contributed by atoms with Crippen molar-refractivity contribution in [3.8, 4) is 23.2 Å². The van der Waals surface area contributed by atoms with E-state index in [1.807, 2.05) is 42.3 Å². The summed E-state index contributed by atoms with van der Waals surface area (Å²) >= 11 is 6.62. The first-order valence-corrected chi connectivity index (χ1v) is 16.8. The average molecular weight is 695 g/mol. The molecular formula is C37H33ClF2N8O2. The number of benzene rings is 3. The van der Waals surface area contributed by atoms with E-state index in [9.17, 15) is 10.1 Å². The molecule has 2 atom stereocenters. The van der Waals surface area contributed by atoms with Gasteiger partial charge in [-0.1, -0.05) is 48.0 Å². The molecule has 2 aliphatic rings. The molecule has 4 heterocycles. The van der Waals surface area contributed by atoms with Crippen molar-refractivity contribution in [2.24, 2.45) is 0 Å². The second kappa shape index (κ2) is 14.3. The lowest BCUT2D eigenvalue weighted by Gasteiger charge is -2.41. The van der Waals surface area contributed by atoms with Crippen LogP contribution in [0.4, 0.5) is 14.6 Å². The summed E-state index contributed by atoms with van der Waals surface area (Å²) in [4.78, 5) is 36.0. The third kappa shape index (κ3) is 6.54. The highest BCUT2D eigenvalue weighted by molar-refractivity contribution is 6.36. The van der Waals surface area contributed by atoms with Crippen molar-refractivity contribution in [2.75, 3.05) is 44.7 Å². The van der Waals surface area contributed by atoms with Crippen LogP contribution in [0.2, 0.25) is 5.02 Å². The zero-order chi connectivity index (χ0) is 34.8. The van der Waals surface area contributed by atoms with Crippen LogP contribution in [0, 0.1) is 17.1 Å². The fourth-order valence-corrected chi connectivity index (χ4v) is 7.10. The van der Waals surface area contributed by atoms with Crippen LogP contribution >= 0.6 is 11.6 Å². The number of nitrogens with zero attached hydrogens (tertiary/aromatic N) is 8. The van der Waals surface area contributed by atoms with Crippen molar-refractivity contribution in [3.05, 3.63) is 89.5 Å². The molecule has 0 N–H and O–H groups in total. The second-order valence-corrected chi connectivity index (χ2v) is 12.9. The Kier molecular flexibility index (Phi) is 9.52. The van der Waals surface area contributed by atoms with Crippen molar-refractivity contribution < 1.29 is 18.3 Å². The molecule has 0 aliphatic carbocycles. The molecule has 0 saturated carbocycles. The molecule has 0 bridgehead atoms. The van der Waals surface area contributed by atoms with Crippen molar-refractivity contribution in [2.45, 2.75) is 31.3 Å².